The Morgan fingerprint density at radius 3 is 2.41 bits per heavy atom. The first-order chi connectivity index (χ1) is 12.9. The molecule has 0 bridgehead atoms. The fourth-order valence-electron chi connectivity index (χ4n) is 3.87. The number of ether oxygens (including phenoxy) is 1. The van der Waals surface area contributed by atoms with Crippen LogP contribution in [0.2, 0.25) is 0 Å². The summed E-state index contributed by atoms with van der Waals surface area (Å²) in [6.07, 6.45) is 3.55. The van der Waals surface area contributed by atoms with Gasteiger partial charge in [-0.2, -0.15) is 4.31 Å². The van der Waals surface area contributed by atoms with E-state index in [9.17, 15) is 13.2 Å². The number of carbonyl (C=O) groups excluding carboxylic acids is 1. The molecular weight excluding hydrogens is 364 g/mol. The summed E-state index contributed by atoms with van der Waals surface area (Å²) < 4.78 is 32.9. The largest absolute Gasteiger partial charge is 0.494 e. The van der Waals surface area contributed by atoms with E-state index < -0.39 is 10.0 Å². The predicted molar refractivity (Wildman–Crippen MR) is 104 cm³/mol. The van der Waals surface area contributed by atoms with Gasteiger partial charge in [0.1, 0.15) is 5.75 Å². The van der Waals surface area contributed by atoms with Crippen molar-refractivity contribution in [2.45, 2.75) is 44.4 Å². The van der Waals surface area contributed by atoms with Gasteiger partial charge >= 0.3 is 0 Å². The van der Waals surface area contributed by atoms with Crippen LogP contribution in [0.5, 0.6) is 5.75 Å². The molecule has 6 nitrogen and oxygen atoms in total. The first-order valence-electron chi connectivity index (χ1n) is 9.93. The van der Waals surface area contributed by atoms with Crippen LogP contribution in [0.3, 0.4) is 0 Å². The van der Waals surface area contributed by atoms with Crippen LogP contribution in [-0.4, -0.2) is 56.3 Å². The molecule has 1 atom stereocenters. The van der Waals surface area contributed by atoms with Crippen LogP contribution in [0.4, 0.5) is 0 Å². The van der Waals surface area contributed by atoms with Gasteiger partial charge in [0.15, 0.2) is 0 Å². The number of hydrogen-bond acceptors (Lipinski definition) is 4. The Morgan fingerprint density at radius 1 is 1.11 bits per heavy atom. The van der Waals surface area contributed by atoms with Crippen LogP contribution in [0, 0.1) is 11.8 Å². The Bertz CT molecular complexity index is 740. The molecule has 150 valence electrons. The van der Waals surface area contributed by atoms with Crippen LogP contribution in [0.15, 0.2) is 29.2 Å². The Hall–Kier alpha value is -1.60. The highest BCUT2D eigenvalue weighted by Gasteiger charge is 2.35. The number of piperidine rings is 2. The summed E-state index contributed by atoms with van der Waals surface area (Å²) in [7, 11) is -3.59. The lowest BCUT2D eigenvalue weighted by Gasteiger charge is -2.36. The van der Waals surface area contributed by atoms with Gasteiger partial charge in [-0.3, -0.25) is 4.79 Å². The number of benzene rings is 1. The number of rotatable bonds is 5. The molecule has 0 aromatic heterocycles. The van der Waals surface area contributed by atoms with E-state index in [1.165, 1.54) is 4.31 Å². The summed E-state index contributed by atoms with van der Waals surface area (Å²) in [4.78, 5) is 15.1. The summed E-state index contributed by atoms with van der Waals surface area (Å²) in [5.74, 6) is 1.21. The predicted octanol–water partition coefficient (Wildman–Crippen LogP) is 2.74. The minimum Gasteiger partial charge on any atom is -0.494 e. The van der Waals surface area contributed by atoms with E-state index >= 15 is 0 Å². The quantitative estimate of drug-likeness (QED) is 0.770. The fraction of sp³-hybridized carbons (Fsp3) is 0.650. The average Bonchev–Trinajstić information content (AvgIpc) is 2.69. The van der Waals surface area contributed by atoms with E-state index in [2.05, 4.69) is 6.92 Å². The molecule has 2 aliphatic heterocycles. The molecule has 1 aromatic rings. The fourth-order valence-corrected chi connectivity index (χ4v) is 5.40. The minimum atomic E-state index is -3.59. The SMILES string of the molecule is CCOc1ccc(S(=O)(=O)N2CCC[C@H](C(=O)N3CCC(C)CC3)C2)cc1. The van der Waals surface area contributed by atoms with Gasteiger partial charge in [-0.05, 0) is 62.8 Å². The van der Waals surface area contributed by atoms with Crippen molar-refractivity contribution in [3.63, 3.8) is 0 Å². The lowest BCUT2D eigenvalue weighted by atomic mass is 9.94. The lowest BCUT2D eigenvalue weighted by Crippen LogP contribution is -2.48. The summed E-state index contributed by atoms with van der Waals surface area (Å²) in [5.41, 5.74) is 0. The highest BCUT2D eigenvalue weighted by Crippen LogP contribution is 2.27. The molecule has 1 aromatic carbocycles. The van der Waals surface area contributed by atoms with Gasteiger partial charge in [0.25, 0.3) is 0 Å². The van der Waals surface area contributed by atoms with E-state index in [0.717, 1.165) is 38.8 Å². The molecule has 3 rings (SSSR count). The summed E-state index contributed by atoms with van der Waals surface area (Å²) in [6, 6.07) is 6.52. The van der Waals surface area contributed by atoms with Gasteiger partial charge in [-0.15, -0.1) is 0 Å². The second-order valence-electron chi connectivity index (χ2n) is 7.61. The Labute approximate surface area is 162 Å². The summed E-state index contributed by atoms with van der Waals surface area (Å²) in [6.45, 7) is 6.98. The van der Waals surface area contributed by atoms with Gasteiger partial charge in [0, 0.05) is 26.2 Å². The van der Waals surface area contributed by atoms with Gasteiger partial charge in [-0.25, -0.2) is 8.42 Å². The molecule has 1 amide bonds. The summed E-state index contributed by atoms with van der Waals surface area (Å²) in [5, 5.41) is 0. The van der Waals surface area contributed by atoms with E-state index in [1.807, 2.05) is 11.8 Å². The van der Waals surface area contributed by atoms with Crippen molar-refractivity contribution in [1.29, 1.82) is 0 Å². The molecule has 0 radical (unpaired) electrons. The zero-order valence-corrected chi connectivity index (χ0v) is 17.1. The van der Waals surface area contributed by atoms with E-state index in [4.69, 9.17) is 4.74 Å². The van der Waals surface area contributed by atoms with Crippen LogP contribution in [0.25, 0.3) is 0 Å². The molecule has 2 heterocycles. The Morgan fingerprint density at radius 2 is 1.78 bits per heavy atom. The molecule has 0 spiro atoms. The number of carbonyl (C=O) groups is 1. The van der Waals surface area contributed by atoms with Gasteiger partial charge in [-0.1, -0.05) is 6.92 Å². The molecule has 0 N–H and O–H groups in total. The monoisotopic (exact) mass is 394 g/mol. The number of amides is 1. The molecule has 0 unspecified atom stereocenters. The molecule has 27 heavy (non-hydrogen) atoms. The third-order valence-corrected chi connectivity index (χ3v) is 7.48. The van der Waals surface area contributed by atoms with E-state index in [-0.39, 0.29) is 23.3 Å². The number of hydrogen-bond donors (Lipinski definition) is 0. The maximum atomic E-state index is 13.0. The second kappa shape index (κ2) is 8.61. The second-order valence-corrected chi connectivity index (χ2v) is 9.55. The molecule has 2 fully saturated rings. The van der Waals surface area contributed by atoms with Crippen molar-refractivity contribution in [2.24, 2.45) is 11.8 Å². The molecule has 2 saturated heterocycles. The van der Waals surface area contributed by atoms with Crippen molar-refractivity contribution in [3.05, 3.63) is 24.3 Å². The summed E-state index contributed by atoms with van der Waals surface area (Å²) >= 11 is 0. The third kappa shape index (κ3) is 4.63. The first-order valence-corrected chi connectivity index (χ1v) is 11.4. The standard InChI is InChI=1S/C20H30N2O4S/c1-3-26-18-6-8-19(9-7-18)27(24,25)22-12-4-5-17(15-22)20(23)21-13-10-16(2)11-14-21/h6-9,16-17H,3-5,10-15H2,1-2H3/t17-/m0/s1. The van der Waals surface area contributed by atoms with Crippen LogP contribution in [0.1, 0.15) is 39.5 Å². The molecule has 2 aliphatic rings. The third-order valence-electron chi connectivity index (χ3n) is 5.60. The van der Waals surface area contributed by atoms with Gasteiger partial charge < -0.3 is 9.64 Å². The van der Waals surface area contributed by atoms with Gasteiger partial charge in [0.2, 0.25) is 15.9 Å². The first kappa shape index (κ1) is 20.1. The molecular formula is C20H30N2O4S. The Balaban J connectivity index is 1.68. The number of nitrogens with zero attached hydrogens (tertiary/aromatic N) is 2. The van der Waals surface area contributed by atoms with Crippen LogP contribution < -0.4 is 4.74 Å². The number of sulfonamides is 1. The van der Waals surface area contributed by atoms with Crippen molar-refractivity contribution in [3.8, 4) is 5.75 Å². The van der Waals surface area contributed by atoms with Crippen molar-refractivity contribution in [1.82, 2.24) is 9.21 Å². The van der Waals surface area contributed by atoms with Crippen molar-refractivity contribution in [2.75, 3.05) is 32.8 Å². The average molecular weight is 395 g/mol. The highest BCUT2D eigenvalue weighted by molar-refractivity contribution is 7.89. The minimum absolute atomic E-state index is 0.119. The topological polar surface area (TPSA) is 66.9 Å². The van der Waals surface area contributed by atoms with Gasteiger partial charge in [0.05, 0.1) is 17.4 Å². The maximum Gasteiger partial charge on any atom is 0.243 e. The highest BCUT2D eigenvalue weighted by atomic mass is 32.2. The molecule has 0 saturated carbocycles. The maximum absolute atomic E-state index is 13.0. The van der Waals surface area contributed by atoms with Crippen molar-refractivity contribution >= 4 is 15.9 Å². The smallest absolute Gasteiger partial charge is 0.243 e. The van der Waals surface area contributed by atoms with E-state index in [1.54, 1.807) is 24.3 Å². The number of likely N-dealkylation sites (tertiary alicyclic amines) is 1. The zero-order valence-electron chi connectivity index (χ0n) is 16.3. The van der Waals surface area contributed by atoms with E-state index in [0.29, 0.717) is 24.8 Å². The van der Waals surface area contributed by atoms with Crippen LogP contribution >= 0.6 is 0 Å². The normalized spacial score (nSPS) is 22.6. The Kier molecular flexibility index (Phi) is 6.42. The van der Waals surface area contributed by atoms with Crippen LogP contribution in [-0.2, 0) is 14.8 Å². The van der Waals surface area contributed by atoms with Crippen molar-refractivity contribution < 1.29 is 17.9 Å². The molecule has 0 aliphatic carbocycles. The zero-order chi connectivity index (χ0) is 19.4. The molecule has 7 heteroatoms. The lowest BCUT2D eigenvalue weighted by molar-refractivity contribution is -0.138.